The highest BCUT2D eigenvalue weighted by molar-refractivity contribution is 5.67. The Labute approximate surface area is 109 Å². The summed E-state index contributed by atoms with van der Waals surface area (Å²) in [5.74, 6) is 0. The predicted molar refractivity (Wildman–Crippen MR) is 80.5 cm³/mol. The van der Waals surface area contributed by atoms with Gasteiger partial charge in [0, 0.05) is 0 Å². The molecule has 0 heteroatoms. The Hall–Kier alpha value is -2.08. The van der Waals surface area contributed by atoms with Gasteiger partial charge >= 0.3 is 0 Å². The highest BCUT2D eigenvalue weighted by Crippen LogP contribution is 2.21. The minimum atomic E-state index is 0.961. The monoisotopic (exact) mass is 234 g/mol. The zero-order valence-corrected chi connectivity index (χ0v) is 10.8. The molecule has 0 heterocycles. The van der Waals surface area contributed by atoms with E-state index in [-0.39, 0.29) is 0 Å². The van der Waals surface area contributed by atoms with Crippen LogP contribution in [0, 0.1) is 0 Å². The Balaban J connectivity index is 2.41. The van der Waals surface area contributed by atoms with Gasteiger partial charge in [0.25, 0.3) is 0 Å². The van der Waals surface area contributed by atoms with Gasteiger partial charge in [-0.1, -0.05) is 73.3 Å². The van der Waals surface area contributed by atoms with E-state index in [0.29, 0.717) is 0 Å². The van der Waals surface area contributed by atoms with E-state index in [1.807, 2.05) is 13.0 Å². The molecule has 2 aromatic carbocycles. The normalized spacial score (nSPS) is 10.7. The molecular weight excluding hydrogens is 216 g/mol. The smallest absolute Gasteiger partial charge is 0.00196 e. The van der Waals surface area contributed by atoms with Crippen LogP contribution in [0.2, 0.25) is 0 Å². The molecule has 0 amide bonds. The fraction of sp³-hybridized carbons (Fsp3) is 0.111. The quantitative estimate of drug-likeness (QED) is 0.702. The van der Waals surface area contributed by atoms with E-state index in [2.05, 4.69) is 67.3 Å². The average molecular weight is 234 g/mol. The maximum Gasteiger partial charge on any atom is -0.00196 e. The first-order chi connectivity index (χ1) is 8.85. The van der Waals surface area contributed by atoms with Crippen molar-refractivity contribution in [1.82, 2.24) is 0 Å². The van der Waals surface area contributed by atoms with Crippen LogP contribution in [0.5, 0.6) is 0 Å². The summed E-state index contributed by atoms with van der Waals surface area (Å²) in [6.07, 6.45) is 7.12. The molecule has 0 radical (unpaired) electrons. The SMILES string of the molecule is C=Cc1cccc(Cc2ccccc2)c1/C=C\C. The van der Waals surface area contributed by atoms with Crippen LogP contribution in [0.3, 0.4) is 0 Å². The van der Waals surface area contributed by atoms with Gasteiger partial charge in [-0.25, -0.2) is 0 Å². The maximum atomic E-state index is 3.89. The summed E-state index contributed by atoms with van der Waals surface area (Å²) in [7, 11) is 0. The van der Waals surface area contributed by atoms with E-state index < -0.39 is 0 Å². The molecule has 0 bridgehead atoms. The Bertz CT molecular complexity index is 548. The van der Waals surface area contributed by atoms with Crippen molar-refractivity contribution in [3.05, 3.63) is 83.4 Å². The van der Waals surface area contributed by atoms with Gasteiger partial charge in [0.05, 0.1) is 0 Å². The first-order valence-corrected chi connectivity index (χ1v) is 6.26. The summed E-state index contributed by atoms with van der Waals surface area (Å²) in [6.45, 7) is 5.94. The van der Waals surface area contributed by atoms with E-state index in [9.17, 15) is 0 Å². The first kappa shape index (κ1) is 12.4. The van der Waals surface area contributed by atoms with Gasteiger partial charge in [-0.15, -0.1) is 0 Å². The third-order valence-electron chi connectivity index (χ3n) is 3.02. The lowest BCUT2D eigenvalue weighted by Crippen LogP contribution is -1.94. The Kier molecular flexibility index (Phi) is 4.14. The summed E-state index contributed by atoms with van der Waals surface area (Å²) in [5.41, 5.74) is 5.15. The van der Waals surface area contributed by atoms with E-state index in [1.165, 1.54) is 22.3 Å². The van der Waals surface area contributed by atoms with Gasteiger partial charge < -0.3 is 0 Å². The maximum absolute atomic E-state index is 3.89. The van der Waals surface area contributed by atoms with Crippen LogP contribution < -0.4 is 0 Å². The van der Waals surface area contributed by atoms with Crippen LogP contribution >= 0.6 is 0 Å². The molecule has 0 aliphatic carbocycles. The standard InChI is InChI=1S/C18H18/c1-3-9-18-16(4-2)12-8-13-17(18)14-15-10-6-5-7-11-15/h3-13H,2,14H2,1H3/b9-3-. The third kappa shape index (κ3) is 2.78. The van der Waals surface area contributed by atoms with E-state index in [4.69, 9.17) is 0 Å². The number of benzene rings is 2. The van der Waals surface area contributed by atoms with Crippen molar-refractivity contribution in [3.63, 3.8) is 0 Å². The van der Waals surface area contributed by atoms with E-state index in [0.717, 1.165) is 6.42 Å². The molecule has 0 atom stereocenters. The average Bonchev–Trinajstić information content (AvgIpc) is 2.42. The van der Waals surface area contributed by atoms with Gasteiger partial charge in [-0.3, -0.25) is 0 Å². The largest absolute Gasteiger partial charge is 0.0984 e. The molecule has 0 saturated heterocycles. The third-order valence-corrected chi connectivity index (χ3v) is 3.02. The second kappa shape index (κ2) is 6.02. The fourth-order valence-electron chi connectivity index (χ4n) is 2.15. The van der Waals surface area contributed by atoms with Gasteiger partial charge in [0.2, 0.25) is 0 Å². The van der Waals surface area contributed by atoms with Crippen LogP contribution in [0.1, 0.15) is 29.2 Å². The minimum Gasteiger partial charge on any atom is -0.0984 e. The minimum absolute atomic E-state index is 0.961. The number of hydrogen-bond acceptors (Lipinski definition) is 0. The molecule has 90 valence electrons. The summed E-state index contributed by atoms with van der Waals surface area (Å²) in [5, 5.41) is 0. The Morgan fingerprint density at radius 3 is 2.44 bits per heavy atom. The van der Waals surface area contributed by atoms with Crippen LogP contribution in [0.25, 0.3) is 12.2 Å². The van der Waals surface area contributed by atoms with Gasteiger partial charge in [-0.2, -0.15) is 0 Å². The van der Waals surface area contributed by atoms with Gasteiger partial charge in [0.1, 0.15) is 0 Å². The van der Waals surface area contributed by atoms with E-state index in [1.54, 1.807) is 0 Å². The molecule has 2 rings (SSSR count). The van der Waals surface area contributed by atoms with Crippen molar-refractivity contribution in [2.45, 2.75) is 13.3 Å². The molecule has 0 aromatic heterocycles. The molecule has 0 saturated carbocycles. The van der Waals surface area contributed by atoms with Gasteiger partial charge in [-0.05, 0) is 35.6 Å². The van der Waals surface area contributed by atoms with Gasteiger partial charge in [0.15, 0.2) is 0 Å². The second-order valence-corrected chi connectivity index (χ2v) is 4.29. The number of hydrogen-bond donors (Lipinski definition) is 0. The Morgan fingerprint density at radius 1 is 1.00 bits per heavy atom. The van der Waals surface area contributed by atoms with Crippen molar-refractivity contribution in [2.24, 2.45) is 0 Å². The summed E-state index contributed by atoms with van der Waals surface area (Å²) >= 11 is 0. The zero-order chi connectivity index (χ0) is 12.8. The lowest BCUT2D eigenvalue weighted by Gasteiger charge is -2.09. The number of allylic oxidation sites excluding steroid dienone is 1. The second-order valence-electron chi connectivity index (χ2n) is 4.29. The fourth-order valence-corrected chi connectivity index (χ4v) is 2.15. The van der Waals surface area contributed by atoms with E-state index >= 15 is 0 Å². The first-order valence-electron chi connectivity index (χ1n) is 6.26. The molecule has 0 aliphatic rings. The lowest BCUT2D eigenvalue weighted by atomic mass is 9.95. The van der Waals surface area contributed by atoms with Crippen molar-refractivity contribution in [1.29, 1.82) is 0 Å². The lowest BCUT2D eigenvalue weighted by molar-refractivity contribution is 1.18. The zero-order valence-electron chi connectivity index (χ0n) is 10.8. The topological polar surface area (TPSA) is 0 Å². The van der Waals surface area contributed by atoms with Crippen LogP contribution in [-0.4, -0.2) is 0 Å². The molecule has 0 aliphatic heterocycles. The number of rotatable bonds is 4. The molecule has 2 aromatic rings. The summed E-state index contributed by atoms with van der Waals surface area (Å²) in [6, 6.07) is 17.0. The van der Waals surface area contributed by atoms with Crippen LogP contribution in [-0.2, 0) is 6.42 Å². The molecule has 0 unspecified atom stereocenters. The van der Waals surface area contributed by atoms with Crippen molar-refractivity contribution in [2.75, 3.05) is 0 Å². The molecular formula is C18H18. The van der Waals surface area contributed by atoms with Crippen molar-refractivity contribution < 1.29 is 0 Å². The molecule has 0 N–H and O–H groups in total. The Morgan fingerprint density at radius 2 is 1.78 bits per heavy atom. The highest BCUT2D eigenvalue weighted by Gasteiger charge is 2.04. The summed E-state index contributed by atoms with van der Waals surface area (Å²) in [4.78, 5) is 0. The van der Waals surface area contributed by atoms with Crippen molar-refractivity contribution in [3.8, 4) is 0 Å². The molecule has 0 spiro atoms. The van der Waals surface area contributed by atoms with Crippen molar-refractivity contribution >= 4 is 12.2 Å². The summed E-state index contributed by atoms with van der Waals surface area (Å²) < 4.78 is 0. The predicted octanol–water partition coefficient (Wildman–Crippen LogP) is 4.95. The molecule has 0 fully saturated rings. The van der Waals surface area contributed by atoms with Crippen LogP contribution in [0.15, 0.2) is 61.2 Å². The molecule has 0 nitrogen and oxygen atoms in total. The highest BCUT2D eigenvalue weighted by atomic mass is 14.1. The molecule has 18 heavy (non-hydrogen) atoms. The van der Waals surface area contributed by atoms with Crippen LogP contribution in [0.4, 0.5) is 0 Å².